The molecule has 1 saturated heterocycles. The zero-order chi connectivity index (χ0) is 31.4. The van der Waals surface area contributed by atoms with Gasteiger partial charge in [0.2, 0.25) is 0 Å². The molecule has 0 radical (unpaired) electrons. The molecule has 3 aliphatic heterocycles. The molecule has 1 saturated carbocycles. The summed E-state index contributed by atoms with van der Waals surface area (Å²) in [5, 5.41) is 0. The van der Waals surface area contributed by atoms with Gasteiger partial charge >= 0.3 is 278 Å². The molecule has 2 bridgehead atoms. The first-order valence-corrected chi connectivity index (χ1v) is 21.6. The van der Waals surface area contributed by atoms with Crippen LogP contribution in [-0.4, -0.2) is 21.5 Å². The van der Waals surface area contributed by atoms with Gasteiger partial charge in [0, 0.05) is 0 Å². The second-order valence-electron chi connectivity index (χ2n) is 15.5. The van der Waals surface area contributed by atoms with Crippen molar-refractivity contribution in [3.8, 4) is 0 Å². The van der Waals surface area contributed by atoms with Crippen LogP contribution in [0.3, 0.4) is 0 Å². The van der Waals surface area contributed by atoms with Gasteiger partial charge in [0.1, 0.15) is 0 Å². The third-order valence-corrected chi connectivity index (χ3v) is 24.3. The van der Waals surface area contributed by atoms with Crippen molar-refractivity contribution in [2.75, 3.05) is 9.80 Å². The molecular weight excluding hydrogens is 687 g/mol. The Morgan fingerprint density at radius 2 is 1.27 bits per heavy atom. The molecule has 6 heteroatoms. The Hall–Kier alpha value is -2.77. The van der Waals surface area contributed by atoms with Gasteiger partial charge in [0.25, 0.3) is 0 Å². The Morgan fingerprint density at radius 1 is 0.756 bits per heavy atom. The summed E-state index contributed by atoms with van der Waals surface area (Å²) in [5.74, 6) is 1.89. The van der Waals surface area contributed by atoms with E-state index in [-0.39, 0.29) is 15.0 Å². The Balaban J connectivity index is 1.42. The number of rotatable bonds is 3. The van der Waals surface area contributed by atoms with Crippen molar-refractivity contribution >= 4 is 67.1 Å². The van der Waals surface area contributed by atoms with Crippen molar-refractivity contribution in [2.24, 2.45) is 5.41 Å². The number of halogens is 2. The summed E-state index contributed by atoms with van der Waals surface area (Å²) in [7, 11) is 0. The number of alkyl halides is 2. The molecule has 4 heterocycles. The Labute approximate surface area is 276 Å². The summed E-state index contributed by atoms with van der Waals surface area (Å²) >= 11 is 4.23. The molecule has 5 aliphatic rings. The number of fused-ring (bicyclic) bond motifs is 4. The van der Waals surface area contributed by atoms with Crippen molar-refractivity contribution < 1.29 is 0 Å². The Kier molecular flexibility index (Phi) is 6.66. The van der Waals surface area contributed by atoms with Crippen molar-refractivity contribution in [1.29, 1.82) is 0 Å². The summed E-state index contributed by atoms with van der Waals surface area (Å²) in [4.78, 5) is 16.0. The van der Waals surface area contributed by atoms with Gasteiger partial charge in [-0.3, -0.25) is 0 Å². The van der Waals surface area contributed by atoms with Gasteiger partial charge < -0.3 is 0 Å². The van der Waals surface area contributed by atoms with Gasteiger partial charge in [-0.2, -0.15) is 0 Å². The standard InChI is InChI=1S/C39H44ClIN4/c1-37(2,3)26-11-15-29(16-12-26)44-34-35(43-32-10-8-7-9-31(32)42-34)45(30-17-13-27(14-18-30)38(4,5)6)36(44)41(25-40)28-19-22-39(23-20-28)24-21-33(39)41/h7-19,25,33,36H,20-24H2,1-6H3. The van der Waals surface area contributed by atoms with Gasteiger partial charge in [-0.15, -0.1) is 0 Å². The minimum absolute atomic E-state index is 0.0405. The van der Waals surface area contributed by atoms with Gasteiger partial charge in [-0.05, 0) is 0 Å². The molecule has 0 amide bonds. The summed E-state index contributed by atoms with van der Waals surface area (Å²) in [6, 6.07) is 26.8. The van der Waals surface area contributed by atoms with E-state index in [1.54, 1.807) is 3.58 Å². The number of nitrogens with zero attached hydrogens (tertiary/aromatic N) is 4. The van der Waals surface area contributed by atoms with Gasteiger partial charge in [0.05, 0.1) is 0 Å². The summed E-state index contributed by atoms with van der Waals surface area (Å²) in [5.41, 5.74) is 7.42. The maximum atomic E-state index is 7.35. The van der Waals surface area contributed by atoms with Gasteiger partial charge in [0.15, 0.2) is 0 Å². The molecule has 1 spiro atoms. The summed E-state index contributed by atoms with van der Waals surface area (Å²) < 4.78 is 4.60. The fourth-order valence-corrected chi connectivity index (χ4v) is 23.2. The van der Waals surface area contributed by atoms with E-state index < -0.39 is 18.0 Å². The van der Waals surface area contributed by atoms with E-state index in [0.717, 1.165) is 22.7 Å². The van der Waals surface area contributed by atoms with Crippen molar-refractivity contribution in [3.63, 3.8) is 0 Å². The molecule has 3 atom stereocenters. The average molecular weight is 731 g/mol. The fraction of sp³-hybridized carbons (Fsp3) is 0.410. The molecule has 9 rings (SSSR count). The molecule has 4 aromatic rings. The Bertz CT molecular complexity index is 1790. The van der Waals surface area contributed by atoms with Crippen LogP contribution in [0, 0.1) is 5.41 Å². The average Bonchev–Trinajstić information content (AvgIpc) is 3.35. The van der Waals surface area contributed by atoms with Gasteiger partial charge in [-0.1, -0.05) is 0 Å². The first-order valence-electron chi connectivity index (χ1n) is 16.4. The number of anilines is 4. The predicted octanol–water partition coefficient (Wildman–Crippen LogP) is 11.1. The summed E-state index contributed by atoms with van der Waals surface area (Å²) in [6.45, 7) is 13.7. The van der Waals surface area contributed by atoms with Crippen LogP contribution < -0.4 is 9.80 Å². The SMILES string of the molecule is CC(C)(C)c1ccc(N2c3nc4ccccc4nc3N(c3ccc(C(C)(C)C)cc3)C2I2(=CCl)C3=CCC4(CC3)CCC42)cc1. The zero-order valence-corrected chi connectivity index (χ0v) is 30.2. The molecule has 3 aromatic carbocycles. The number of allylic oxidation sites excluding steroid dienone is 2. The van der Waals surface area contributed by atoms with Crippen LogP contribution in [0.4, 0.5) is 23.0 Å². The van der Waals surface area contributed by atoms with E-state index in [2.05, 4.69) is 134 Å². The molecule has 234 valence electrons. The van der Waals surface area contributed by atoms with E-state index >= 15 is 0 Å². The number of benzene rings is 3. The van der Waals surface area contributed by atoms with Crippen LogP contribution in [0.2, 0.25) is 0 Å². The molecule has 0 N–H and O–H groups in total. The van der Waals surface area contributed by atoms with E-state index in [1.807, 2.05) is 0 Å². The molecular formula is C39H44ClIN4. The normalized spacial score (nSPS) is 27.4. The number of aromatic nitrogens is 2. The van der Waals surface area contributed by atoms with E-state index in [0.29, 0.717) is 9.34 Å². The second kappa shape index (κ2) is 10.1. The maximum absolute atomic E-state index is 7.35. The van der Waals surface area contributed by atoms with Crippen LogP contribution in [0.5, 0.6) is 0 Å². The van der Waals surface area contributed by atoms with E-state index in [9.17, 15) is 0 Å². The topological polar surface area (TPSA) is 32.3 Å². The van der Waals surface area contributed by atoms with Crippen molar-refractivity contribution in [2.45, 2.75) is 92.6 Å². The first kappa shape index (κ1) is 29.6. The van der Waals surface area contributed by atoms with Crippen molar-refractivity contribution in [3.05, 3.63) is 93.6 Å². The molecule has 2 fully saturated rings. The monoisotopic (exact) mass is 730 g/mol. The predicted molar refractivity (Wildman–Crippen MR) is 201 cm³/mol. The number of hydrogen-bond donors (Lipinski definition) is 0. The van der Waals surface area contributed by atoms with Gasteiger partial charge in [-0.25, -0.2) is 0 Å². The van der Waals surface area contributed by atoms with Crippen LogP contribution in [0.15, 0.2) is 82.5 Å². The first-order chi connectivity index (χ1) is 21.5. The Morgan fingerprint density at radius 3 is 1.64 bits per heavy atom. The van der Waals surface area contributed by atoms with Crippen LogP contribution in [0.25, 0.3) is 11.0 Å². The van der Waals surface area contributed by atoms with Crippen LogP contribution >= 0.6 is 29.6 Å². The van der Waals surface area contributed by atoms with Crippen LogP contribution in [0.1, 0.15) is 84.8 Å². The fourth-order valence-electron chi connectivity index (χ4n) is 8.18. The summed E-state index contributed by atoms with van der Waals surface area (Å²) in [6.07, 6.45) is 8.96. The zero-order valence-electron chi connectivity index (χ0n) is 27.3. The van der Waals surface area contributed by atoms with Crippen molar-refractivity contribution in [1.82, 2.24) is 9.97 Å². The minimum atomic E-state index is -3.12. The third kappa shape index (κ3) is 4.32. The van der Waals surface area contributed by atoms with E-state index in [4.69, 9.17) is 21.6 Å². The number of hydrogen-bond acceptors (Lipinski definition) is 4. The quantitative estimate of drug-likeness (QED) is 0.119. The van der Waals surface area contributed by atoms with Crippen LogP contribution in [-0.2, 0) is 10.8 Å². The third-order valence-electron chi connectivity index (χ3n) is 10.9. The molecule has 4 nitrogen and oxygen atoms in total. The molecule has 1 aromatic heterocycles. The molecule has 2 aliphatic carbocycles. The molecule has 3 unspecified atom stereocenters. The molecule has 45 heavy (non-hydrogen) atoms. The second-order valence-corrected chi connectivity index (χ2v) is 25.1. The van der Waals surface area contributed by atoms with E-state index in [1.165, 1.54) is 54.6 Å². The number of para-hydroxylation sites is 2.